The van der Waals surface area contributed by atoms with Gasteiger partial charge in [-0.05, 0) is 56.8 Å². The highest BCUT2D eigenvalue weighted by Gasteiger charge is 2.11. The van der Waals surface area contributed by atoms with Crippen molar-refractivity contribution >= 4 is 15.7 Å². The Balaban J connectivity index is 1.91. The van der Waals surface area contributed by atoms with Gasteiger partial charge in [-0.15, -0.1) is 0 Å². The van der Waals surface area contributed by atoms with Gasteiger partial charge in [0.1, 0.15) is 5.76 Å². The van der Waals surface area contributed by atoms with E-state index < -0.39 is 10.0 Å². The normalized spacial score (nSPS) is 13.0. The van der Waals surface area contributed by atoms with Crippen LogP contribution in [0.25, 0.3) is 0 Å². The number of hydrogen-bond donors (Lipinski definition) is 2. The number of nitrogens with one attached hydrogen (secondary N) is 2. The van der Waals surface area contributed by atoms with Gasteiger partial charge in [0.25, 0.3) is 0 Å². The van der Waals surface area contributed by atoms with Gasteiger partial charge in [-0.1, -0.05) is 0 Å². The Bertz CT molecular complexity index is 649. The molecule has 0 amide bonds. The molecule has 1 heterocycles. The molecule has 114 valence electrons. The van der Waals surface area contributed by atoms with Crippen LogP contribution in [-0.2, 0) is 16.4 Å². The quantitative estimate of drug-likeness (QED) is 0.825. The van der Waals surface area contributed by atoms with Crippen molar-refractivity contribution in [2.24, 2.45) is 0 Å². The van der Waals surface area contributed by atoms with Crippen molar-refractivity contribution in [1.82, 2.24) is 4.72 Å². The van der Waals surface area contributed by atoms with Crippen molar-refractivity contribution in [2.75, 3.05) is 12.4 Å². The van der Waals surface area contributed by atoms with Gasteiger partial charge in [0.15, 0.2) is 0 Å². The third kappa shape index (κ3) is 4.34. The highest BCUT2D eigenvalue weighted by molar-refractivity contribution is 7.89. The number of rotatable bonds is 7. The first-order chi connectivity index (χ1) is 10.0. The number of sulfonamides is 1. The molecule has 1 unspecified atom stereocenters. The second-order valence-electron chi connectivity index (χ2n) is 4.90. The van der Waals surface area contributed by atoms with Crippen LogP contribution < -0.4 is 10.0 Å². The van der Waals surface area contributed by atoms with E-state index in [1.807, 2.05) is 12.1 Å². The molecule has 6 heteroatoms. The second kappa shape index (κ2) is 6.78. The summed E-state index contributed by atoms with van der Waals surface area (Å²) in [6.45, 7) is 2.08. The van der Waals surface area contributed by atoms with Crippen molar-refractivity contribution in [3.8, 4) is 0 Å². The third-order valence-electron chi connectivity index (χ3n) is 3.25. The lowest BCUT2D eigenvalue weighted by atomic mass is 10.1. The fourth-order valence-electron chi connectivity index (χ4n) is 2.02. The summed E-state index contributed by atoms with van der Waals surface area (Å²) in [4.78, 5) is 0.263. The summed E-state index contributed by atoms with van der Waals surface area (Å²) < 4.78 is 30.8. The largest absolute Gasteiger partial charge is 0.469 e. The fraction of sp³-hybridized carbons (Fsp3) is 0.333. The molecular formula is C15H20N2O3S. The molecule has 0 fully saturated rings. The van der Waals surface area contributed by atoms with Crippen LogP contribution in [-0.4, -0.2) is 21.5 Å². The van der Waals surface area contributed by atoms with Crippen molar-refractivity contribution in [3.05, 3.63) is 48.4 Å². The molecule has 5 nitrogen and oxygen atoms in total. The topological polar surface area (TPSA) is 71.3 Å². The first kappa shape index (κ1) is 15.6. The van der Waals surface area contributed by atoms with Crippen molar-refractivity contribution in [1.29, 1.82) is 0 Å². The zero-order valence-corrected chi connectivity index (χ0v) is 13.0. The van der Waals surface area contributed by atoms with Crippen LogP contribution in [0.3, 0.4) is 0 Å². The van der Waals surface area contributed by atoms with E-state index in [0.29, 0.717) is 0 Å². The molecule has 0 aliphatic carbocycles. The average Bonchev–Trinajstić information content (AvgIpc) is 2.99. The summed E-state index contributed by atoms with van der Waals surface area (Å²) in [7, 11) is -1.97. The maximum atomic E-state index is 11.6. The molecule has 1 aromatic carbocycles. The molecule has 1 aromatic heterocycles. The Morgan fingerprint density at radius 1 is 1.19 bits per heavy atom. The van der Waals surface area contributed by atoms with Crippen LogP contribution in [0.4, 0.5) is 5.69 Å². The lowest BCUT2D eigenvalue weighted by Crippen LogP contribution is -2.19. The van der Waals surface area contributed by atoms with Crippen LogP contribution in [0.2, 0.25) is 0 Å². The SMILES string of the molecule is CNS(=O)(=O)c1ccc(NC(C)CCc2ccco2)cc1. The highest BCUT2D eigenvalue weighted by atomic mass is 32.2. The van der Waals surface area contributed by atoms with Gasteiger partial charge < -0.3 is 9.73 Å². The Morgan fingerprint density at radius 3 is 2.48 bits per heavy atom. The van der Waals surface area contributed by atoms with Gasteiger partial charge in [0.05, 0.1) is 11.2 Å². The molecule has 0 aliphatic heterocycles. The van der Waals surface area contributed by atoms with Gasteiger partial charge >= 0.3 is 0 Å². The van der Waals surface area contributed by atoms with E-state index in [1.54, 1.807) is 30.5 Å². The number of anilines is 1. The molecule has 0 spiro atoms. The highest BCUT2D eigenvalue weighted by Crippen LogP contribution is 2.16. The molecule has 21 heavy (non-hydrogen) atoms. The summed E-state index contributed by atoms with van der Waals surface area (Å²) in [5.41, 5.74) is 0.900. The second-order valence-corrected chi connectivity index (χ2v) is 6.78. The number of furan rings is 1. The fourth-order valence-corrected chi connectivity index (χ4v) is 2.75. The van der Waals surface area contributed by atoms with Gasteiger partial charge in [-0.25, -0.2) is 13.1 Å². The Labute approximate surface area is 125 Å². The molecule has 0 radical (unpaired) electrons. The average molecular weight is 308 g/mol. The lowest BCUT2D eigenvalue weighted by molar-refractivity contribution is 0.495. The Hall–Kier alpha value is -1.79. The van der Waals surface area contributed by atoms with Crippen LogP contribution >= 0.6 is 0 Å². The molecule has 2 rings (SSSR count). The van der Waals surface area contributed by atoms with Crippen molar-refractivity contribution in [3.63, 3.8) is 0 Å². The zero-order chi connectivity index (χ0) is 15.3. The molecular weight excluding hydrogens is 288 g/mol. The minimum absolute atomic E-state index is 0.263. The predicted molar refractivity (Wildman–Crippen MR) is 82.8 cm³/mol. The summed E-state index contributed by atoms with van der Waals surface area (Å²) in [6.07, 6.45) is 3.48. The van der Waals surface area contributed by atoms with Crippen LogP contribution in [0.5, 0.6) is 0 Å². The van der Waals surface area contributed by atoms with E-state index in [-0.39, 0.29) is 10.9 Å². The van der Waals surface area contributed by atoms with E-state index in [9.17, 15) is 8.42 Å². The molecule has 1 atom stereocenters. The van der Waals surface area contributed by atoms with Crippen molar-refractivity contribution in [2.45, 2.75) is 30.7 Å². The summed E-state index contributed by atoms with van der Waals surface area (Å²) in [6, 6.07) is 10.8. The van der Waals surface area contributed by atoms with Crippen molar-refractivity contribution < 1.29 is 12.8 Å². The number of aryl methyl sites for hydroxylation is 1. The van der Waals surface area contributed by atoms with Crippen LogP contribution in [0.1, 0.15) is 19.1 Å². The van der Waals surface area contributed by atoms with Crippen LogP contribution in [0, 0.1) is 0 Å². The van der Waals surface area contributed by atoms with E-state index in [4.69, 9.17) is 4.42 Å². The zero-order valence-electron chi connectivity index (χ0n) is 12.2. The van der Waals surface area contributed by atoms with Gasteiger partial charge in [-0.2, -0.15) is 0 Å². The number of hydrogen-bond acceptors (Lipinski definition) is 4. The van der Waals surface area contributed by atoms with Crippen LogP contribution in [0.15, 0.2) is 52.0 Å². The molecule has 2 N–H and O–H groups in total. The molecule has 0 aliphatic rings. The van der Waals surface area contributed by atoms with Gasteiger partial charge in [-0.3, -0.25) is 0 Å². The van der Waals surface area contributed by atoms with E-state index >= 15 is 0 Å². The molecule has 2 aromatic rings. The van der Waals surface area contributed by atoms with Gasteiger partial charge in [0.2, 0.25) is 10.0 Å². The minimum atomic E-state index is -3.37. The molecule has 0 bridgehead atoms. The summed E-state index contributed by atoms with van der Waals surface area (Å²) in [5, 5.41) is 3.34. The molecule has 0 saturated carbocycles. The van der Waals surface area contributed by atoms with E-state index in [2.05, 4.69) is 17.0 Å². The minimum Gasteiger partial charge on any atom is -0.469 e. The lowest BCUT2D eigenvalue weighted by Gasteiger charge is -2.15. The Kier molecular flexibility index (Phi) is 5.03. The Morgan fingerprint density at radius 2 is 1.90 bits per heavy atom. The maximum Gasteiger partial charge on any atom is 0.240 e. The number of benzene rings is 1. The first-order valence-electron chi connectivity index (χ1n) is 6.84. The maximum absolute atomic E-state index is 11.6. The smallest absolute Gasteiger partial charge is 0.240 e. The van der Waals surface area contributed by atoms with E-state index in [1.165, 1.54) is 7.05 Å². The predicted octanol–water partition coefficient (Wildman–Crippen LogP) is 2.62. The summed E-state index contributed by atoms with van der Waals surface area (Å²) >= 11 is 0. The standard InChI is InChI=1S/C15H20N2O3S/c1-12(5-8-14-4-3-11-20-14)17-13-6-9-15(10-7-13)21(18,19)16-2/h3-4,6-7,9-12,16-17H,5,8H2,1-2H3. The first-order valence-corrected chi connectivity index (χ1v) is 8.32. The monoisotopic (exact) mass is 308 g/mol. The summed E-state index contributed by atoms with van der Waals surface area (Å²) in [5.74, 6) is 0.971. The molecule has 0 saturated heterocycles. The third-order valence-corrected chi connectivity index (χ3v) is 4.68. The van der Waals surface area contributed by atoms with E-state index in [0.717, 1.165) is 24.3 Å². The van der Waals surface area contributed by atoms with Gasteiger partial charge in [0, 0.05) is 18.2 Å².